The van der Waals surface area contributed by atoms with Crippen LogP contribution >= 0.6 is 0 Å². The Morgan fingerprint density at radius 3 is 2.89 bits per heavy atom. The van der Waals surface area contributed by atoms with E-state index in [0.717, 1.165) is 18.2 Å². The van der Waals surface area contributed by atoms with Crippen molar-refractivity contribution in [2.45, 2.75) is 26.4 Å². The number of aromatic amines is 1. The Morgan fingerprint density at radius 2 is 2.22 bits per heavy atom. The number of hydrogen-bond donors (Lipinski definition) is 2. The molecular weight excluding hydrogens is 226 g/mol. The van der Waals surface area contributed by atoms with Gasteiger partial charge in [-0.25, -0.2) is 9.97 Å². The van der Waals surface area contributed by atoms with Crippen molar-refractivity contribution in [1.29, 1.82) is 0 Å². The van der Waals surface area contributed by atoms with E-state index in [9.17, 15) is 0 Å². The fraction of sp³-hybridized carbons (Fsp3) is 0.385. The van der Waals surface area contributed by atoms with Gasteiger partial charge < -0.3 is 15.2 Å². The smallest absolute Gasteiger partial charge is 0.134 e. The van der Waals surface area contributed by atoms with E-state index in [-0.39, 0.29) is 0 Å². The van der Waals surface area contributed by atoms with Crippen LogP contribution in [0.2, 0.25) is 0 Å². The van der Waals surface area contributed by atoms with Gasteiger partial charge in [0.05, 0.1) is 0 Å². The molecular formula is C13H19N5. The van der Waals surface area contributed by atoms with Crippen molar-refractivity contribution in [2.75, 3.05) is 17.3 Å². The lowest BCUT2D eigenvalue weighted by Gasteiger charge is -2.18. The molecule has 0 saturated heterocycles. The number of anilines is 2. The number of hydrogen-bond acceptors (Lipinski definition) is 4. The maximum Gasteiger partial charge on any atom is 0.134 e. The van der Waals surface area contributed by atoms with Gasteiger partial charge in [-0.05, 0) is 25.5 Å². The lowest BCUT2D eigenvalue weighted by atomic mass is 10.3. The fourth-order valence-corrected chi connectivity index (χ4v) is 1.74. The lowest BCUT2D eigenvalue weighted by Crippen LogP contribution is -2.18. The molecule has 0 amide bonds. The Labute approximate surface area is 107 Å². The standard InChI is InChI=1S/C13H19N5/c1-10(2)17-12-6-13(16-9-15-12)18(3)8-11-4-5-14-7-11/h4-7,9-10,14H,8H2,1-3H3,(H,15,16,17). The first-order valence-electron chi connectivity index (χ1n) is 6.06. The summed E-state index contributed by atoms with van der Waals surface area (Å²) in [6, 6.07) is 4.39. The molecule has 0 aromatic carbocycles. The largest absolute Gasteiger partial charge is 0.368 e. The number of H-pyrrole nitrogens is 1. The highest BCUT2D eigenvalue weighted by atomic mass is 15.2. The van der Waals surface area contributed by atoms with Crippen molar-refractivity contribution >= 4 is 11.6 Å². The van der Waals surface area contributed by atoms with Crippen molar-refractivity contribution in [3.05, 3.63) is 36.4 Å². The van der Waals surface area contributed by atoms with Crippen LogP contribution in [0.4, 0.5) is 11.6 Å². The normalized spacial score (nSPS) is 10.7. The molecule has 0 aliphatic carbocycles. The van der Waals surface area contributed by atoms with Crippen LogP contribution < -0.4 is 10.2 Å². The Morgan fingerprint density at radius 1 is 1.39 bits per heavy atom. The molecule has 5 nitrogen and oxygen atoms in total. The van der Waals surface area contributed by atoms with Gasteiger partial charge in [-0.2, -0.15) is 0 Å². The SMILES string of the molecule is CC(C)Nc1cc(N(C)Cc2cc[nH]c2)ncn1. The van der Waals surface area contributed by atoms with Crippen LogP contribution in [-0.2, 0) is 6.54 Å². The van der Waals surface area contributed by atoms with E-state index in [1.807, 2.05) is 25.5 Å². The minimum atomic E-state index is 0.364. The predicted octanol–water partition coefficient (Wildman–Crippen LogP) is 2.26. The van der Waals surface area contributed by atoms with Gasteiger partial charge in [-0.15, -0.1) is 0 Å². The van der Waals surface area contributed by atoms with Crippen LogP contribution in [-0.4, -0.2) is 28.0 Å². The molecule has 0 fully saturated rings. The highest BCUT2D eigenvalue weighted by molar-refractivity contribution is 5.48. The first-order chi connectivity index (χ1) is 8.65. The summed E-state index contributed by atoms with van der Waals surface area (Å²) in [5.74, 6) is 1.77. The molecule has 96 valence electrons. The summed E-state index contributed by atoms with van der Waals surface area (Å²) in [4.78, 5) is 13.6. The molecule has 2 heterocycles. The van der Waals surface area contributed by atoms with Crippen molar-refractivity contribution in [2.24, 2.45) is 0 Å². The molecule has 5 heteroatoms. The molecule has 0 unspecified atom stereocenters. The number of nitrogens with zero attached hydrogens (tertiary/aromatic N) is 3. The Balaban J connectivity index is 2.07. The molecule has 0 radical (unpaired) electrons. The van der Waals surface area contributed by atoms with Crippen molar-refractivity contribution in [3.63, 3.8) is 0 Å². The predicted molar refractivity (Wildman–Crippen MR) is 73.7 cm³/mol. The fourth-order valence-electron chi connectivity index (χ4n) is 1.74. The van der Waals surface area contributed by atoms with Gasteiger partial charge >= 0.3 is 0 Å². The van der Waals surface area contributed by atoms with Crippen LogP contribution in [0.5, 0.6) is 0 Å². The van der Waals surface area contributed by atoms with Crippen molar-refractivity contribution in [3.8, 4) is 0 Å². The zero-order valence-corrected chi connectivity index (χ0v) is 11.0. The highest BCUT2D eigenvalue weighted by Gasteiger charge is 2.06. The van der Waals surface area contributed by atoms with E-state index >= 15 is 0 Å². The monoisotopic (exact) mass is 245 g/mol. The maximum absolute atomic E-state index is 4.29. The van der Waals surface area contributed by atoms with Crippen LogP contribution in [0.1, 0.15) is 19.4 Å². The third-order valence-electron chi connectivity index (χ3n) is 2.56. The molecule has 2 rings (SSSR count). The molecule has 0 spiro atoms. The maximum atomic E-state index is 4.29. The quantitative estimate of drug-likeness (QED) is 0.848. The van der Waals surface area contributed by atoms with E-state index in [1.54, 1.807) is 6.33 Å². The van der Waals surface area contributed by atoms with Gasteiger partial charge in [0.25, 0.3) is 0 Å². The molecule has 0 bridgehead atoms. The average molecular weight is 245 g/mol. The second-order valence-corrected chi connectivity index (χ2v) is 4.64. The summed E-state index contributed by atoms with van der Waals surface area (Å²) >= 11 is 0. The second kappa shape index (κ2) is 5.53. The zero-order chi connectivity index (χ0) is 13.0. The van der Waals surface area contributed by atoms with Gasteiger partial charge in [-0.3, -0.25) is 0 Å². The molecule has 0 saturated carbocycles. The van der Waals surface area contributed by atoms with Crippen LogP contribution in [0.15, 0.2) is 30.9 Å². The summed E-state index contributed by atoms with van der Waals surface area (Å²) in [6.07, 6.45) is 5.51. The second-order valence-electron chi connectivity index (χ2n) is 4.64. The molecule has 2 aromatic heterocycles. The number of nitrogens with one attached hydrogen (secondary N) is 2. The van der Waals surface area contributed by atoms with Gasteiger partial charge in [0, 0.05) is 38.1 Å². The summed E-state index contributed by atoms with van der Waals surface area (Å²) in [6.45, 7) is 5.00. The first-order valence-corrected chi connectivity index (χ1v) is 6.06. The third kappa shape index (κ3) is 3.23. The van der Waals surface area contributed by atoms with E-state index in [1.165, 1.54) is 5.56 Å². The summed E-state index contributed by atoms with van der Waals surface area (Å²) in [7, 11) is 2.02. The molecule has 0 aliphatic heterocycles. The van der Waals surface area contributed by atoms with Gasteiger partial charge in [0.1, 0.15) is 18.0 Å². The van der Waals surface area contributed by atoms with Crippen molar-refractivity contribution < 1.29 is 0 Å². The summed E-state index contributed by atoms with van der Waals surface area (Å²) in [5, 5.41) is 3.27. The first kappa shape index (κ1) is 12.4. The van der Waals surface area contributed by atoms with Gasteiger partial charge in [0.15, 0.2) is 0 Å². The average Bonchev–Trinajstić information content (AvgIpc) is 2.81. The van der Waals surface area contributed by atoms with Gasteiger partial charge in [0.2, 0.25) is 0 Å². The lowest BCUT2D eigenvalue weighted by molar-refractivity contribution is 0.870. The zero-order valence-electron chi connectivity index (χ0n) is 11.0. The Hall–Kier alpha value is -2.04. The molecule has 0 aliphatic rings. The molecule has 18 heavy (non-hydrogen) atoms. The topological polar surface area (TPSA) is 56.8 Å². The Bertz CT molecular complexity index is 478. The van der Waals surface area contributed by atoms with Crippen LogP contribution in [0.3, 0.4) is 0 Å². The molecule has 2 N–H and O–H groups in total. The van der Waals surface area contributed by atoms with Crippen LogP contribution in [0, 0.1) is 0 Å². The van der Waals surface area contributed by atoms with E-state index in [2.05, 4.69) is 45.1 Å². The minimum Gasteiger partial charge on any atom is -0.368 e. The number of rotatable bonds is 5. The minimum absolute atomic E-state index is 0.364. The summed E-state index contributed by atoms with van der Waals surface area (Å²) < 4.78 is 0. The van der Waals surface area contributed by atoms with E-state index in [4.69, 9.17) is 0 Å². The molecule has 0 atom stereocenters. The highest BCUT2D eigenvalue weighted by Crippen LogP contribution is 2.15. The van der Waals surface area contributed by atoms with E-state index < -0.39 is 0 Å². The number of aromatic nitrogens is 3. The van der Waals surface area contributed by atoms with Gasteiger partial charge in [-0.1, -0.05) is 0 Å². The van der Waals surface area contributed by atoms with E-state index in [0.29, 0.717) is 6.04 Å². The summed E-state index contributed by atoms with van der Waals surface area (Å²) in [5.41, 5.74) is 1.23. The van der Waals surface area contributed by atoms with Crippen LogP contribution in [0.25, 0.3) is 0 Å². The van der Waals surface area contributed by atoms with Crippen molar-refractivity contribution in [1.82, 2.24) is 15.0 Å². The molecule has 2 aromatic rings. The third-order valence-corrected chi connectivity index (χ3v) is 2.56. The Kier molecular flexibility index (Phi) is 3.82.